The molecule has 0 unspecified atom stereocenters. The van der Waals surface area contributed by atoms with Crippen LogP contribution in [0, 0.1) is 6.92 Å². The number of aromatic nitrogens is 3. The molecule has 3 aromatic rings. The van der Waals surface area contributed by atoms with E-state index < -0.39 is 0 Å². The Morgan fingerprint density at radius 1 is 1.17 bits per heavy atom. The zero-order valence-corrected chi connectivity index (χ0v) is 16.7. The van der Waals surface area contributed by atoms with Gasteiger partial charge in [0.2, 0.25) is 5.91 Å². The Bertz CT molecular complexity index is 1060. The van der Waals surface area contributed by atoms with E-state index in [-0.39, 0.29) is 18.2 Å². The van der Waals surface area contributed by atoms with Gasteiger partial charge < -0.3 is 9.88 Å². The fraction of sp³-hybridized carbons (Fsp3) is 0.304. The van der Waals surface area contributed by atoms with E-state index in [4.69, 9.17) is 0 Å². The number of hydrogen-bond acceptors (Lipinski definition) is 4. The van der Waals surface area contributed by atoms with Crippen molar-refractivity contribution in [3.63, 3.8) is 0 Å². The standard InChI is InChI=1S/C23H24N4O2/c1-3-7-21(29)27-13-19-22(20(28)14-27)17(12-16-8-5-4-6-9-16)23(26-19)18-10-11-24-15(2)25-18/h4-6,8-11,26H,3,7,12-14H2,1-2H3. The number of carbonyl (C=O) groups excluding carboxylic acids is 2. The third kappa shape index (κ3) is 3.83. The van der Waals surface area contributed by atoms with Gasteiger partial charge in [0, 0.05) is 30.3 Å². The number of amides is 1. The molecule has 0 bridgehead atoms. The molecule has 1 aliphatic rings. The van der Waals surface area contributed by atoms with E-state index in [2.05, 4.69) is 27.1 Å². The number of H-pyrrole nitrogens is 1. The Morgan fingerprint density at radius 2 is 1.97 bits per heavy atom. The van der Waals surface area contributed by atoms with Crippen molar-refractivity contribution in [1.82, 2.24) is 19.9 Å². The summed E-state index contributed by atoms with van der Waals surface area (Å²) in [6, 6.07) is 11.9. The molecular formula is C23H24N4O2. The maximum absolute atomic E-state index is 13.1. The maximum Gasteiger partial charge on any atom is 0.223 e. The molecule has 0 saturated heterocycles. The topological polar surface area (TPSA) is 79.0 Å². The second-order valence-corrected chi connectivity index (χ2v) is 7.41. The zero-order valence-electron chi connectivity index (χ0n) is 16.7. The minimum atomic E-state index is -0.0186. The van der Waals surface area contributed by atoms with Crippen LogP contribution in [-0.2, 0) is 17.8 Å². The predicted molar refractivity (Wildman–Crippen MR) is 110 cm³/mol. The van der Waals surface area contributed by atoms with Crippen LogP contribution in [0.15, 0.2) is 42.6 Å². The number of fused-ring (bicyclic) bond motifs is 1. The average Bonchev–Trinajstić information content (AvgIpc) is 3.08. The van der Waals surface area contributed by atoms with Crippen LogP contribution in [0.25, 0.3) is 11.4 Å². The number of hydrogen-bond donors (Lipinski definition) is 1. The first-order valence-corrected chi connectivity index (χ1v) is 9.95. The third-order valence-electron chi connectivity index (χ3n) is 5.22. The number of carbonyl (C=O) groups is 2. The fourth-order valence-electron chi connectivity index (χ4n) is 3.89. The van der Waals surface area contributed by atoms with E-state index in [9.17, 15) is 9.59 Å². The zero-order chi connectivity index (χ0) is 20.4. The van der Waals surface area contributed by atoms with Gasteiger partial charge in [-0.2, -0.15) is 0 Å². The van der Waals surface area contributed by atoms with Crippen molar-refractivity contribution in [2.45, 2.75) is 39.7 Å². The molecule has 6 heteroatoms. The van der Waals surface area contributed by atoms with Crippen LogP contribution >= 0.6 is 0 Å². The summed E-state index contributed by atoms with van der Waals surface area (Å²) in [5, 5.41) is 0. The lowest BCUT2D eigenvalue weighted by molar-refractivity contribution is -0.131. The molecule has 2 aromatic heterocycles. The lowest BCUT2D eigenvalue weighted by Crippen LogP contribution is -2.39. The molecule has 29 heavy (non-hydrogen) atoms. The van der Waals surface area contributed by atoms with Crippen LogP contribution in [-0.4, -0.2) is 38.1 Å². The summed E-state index contributed by atoms with van der Waals surface area (Å²) in [6.45, 7) is 4.37. The van der Waals surface area contributed by atoms with E-state index in [0.29, 0.717) is 30.8 Å². The van der Waals surface area contributed by atoms with Crippen molar-refractivity contribution in [3.8, 4) is 11.4 Å². The summed E-state index contributed by atoms with van der Waals surface area (Å²) in [7, 11) is 0. The summed E-state index contributed by atoms with van der Waals surface area (Å²) in [6.07, 6.45) is 3.58. The summed E-state index contributed by atoms with van der Waals surface area (Å²) >= 11 is 0. The van der Waals surface area contributed by atoms with Gasteiger partial charge in [-0.1, -0.05) is 37.3 Å². The van der Waals surface area contributed by atoms with E-state index in [1.165, 1.54) is 0 Å². The molecule has 0 radical (unpaired) electrons. The molecular weight excluding hydrogens is 364 g/mol. The molecule has 0 fully saturated rings. The minimum Gasteiger partial charge on any atom is -0.355 e. The van der Waals surface area contributed by atoms with Gasteiger partial charge in [0.25, 0.3) is 0 Å². The van der Waals surface area contributed by atoms with Crippen LogP contribution in [0.4, 0.5) is 0 Å². The lowest BCUT2D eigenvalue weighted by Gasteiger charge is -2.26. The van der Waals surface area contributed by atoms with E-state index in [0.717, 1.165) is 34.6 Å². The van der Waals surface area contributed by atoms with Crippen LogP contribution in [0.3, 0.4) is 0 Å². The van der Waals surface area contributed by atoms with Crippen LogP contribution < -0.4 is 0 Å². The highest BCUT2D eigenvalue weighted by molar-refractivity contribution is 6.04. The van der Waals surface area contributed by atoms with Crippen molar-refractivity contribution in [1.29, 1.82) is 0 Å². The minimum absolute atomic E-state index is 0.0186. The largest absolute Gasteiger partial charge is 0.355 e. The number of ketones is 1. The summed E-state index contributed by atoms with van der Waals surface area (Å²) in [5.41, 5.74) is 5.17. The molecule has 0 aliphatic carbocycles. The number of nitrogens with one attached hydrogen (secondary N) is 1. The van der Waals surface area contributed by atoms with Crippen molar-refractivity contribution >= 4 is 11.7 Å². The van der Waals surface area contributed by atoms with Gasteiger partial charge in [-0.05, 0) is 30.5 Å². The number of nitrogens with zero attached hydrogens (tertiary/aromatic N) is 3. The van der Waals surface area contributed by atoms with Gasteiger partial charge in [-0.25, -0.2) is 9.97 Å². The molecule has 1 N–H and O–H groups in total. The van der Waals surface area contributed by atoms with Crippen molar-refractivity contribution in [2.75, 3.05) is 6.54 Å². The van der Waals surface area contributed by atoms with Gasteiger partial charge in [0.1, 0.15) is 5.82 Å². The van der Waals surface area contributed by atoms with Gasteiger partial charge >= 0.3 is 0 Å². The molecule has 4 rings (SSSR count). The molecule has 1 aliphatic heterocycles. The number of benzene rings is 1. The average molecular weight is 388 g/mol. The van der Waals surface area contributed by atoms with Crippen molar-refractivity contribution in [3.05, 3.63) is 70.8 Å². The highest BCUT2D eigenvalue weighted by atomic mass is 16.2. The van der Waals surface area contributed by atoms with Crippen LogP contribution in [0.5, 0.6) is 0 Å². The molecule has 0 atom stereocenters. The molecule has 1 aromatic carbocycles. The van der Waals surface area contributed by atoms with Crippen molar-refractivity contribution in [2.24, 2.45) is 0 Å². The van der Waals surface area contributed by atoms with Gasteiger partial charge in [-0.3, -0.25) is 9.59 Å². The quantitative estimate of drug-likeness (QED) is 0.723. The van der Waals surface area contributed by atoms with E-state index >= 15 is 0 Å². The monoisotopic (exact) mass is 388 g/mol. The highest BCUT2D eigenvalue weighted by Gasteiger charge is 2.32. The Balaban J connectivity index is 1.80. The summed E-state index contributed by atoms with van der Waals surface area (Å²) in [5.74, 6) is 0.673. The Morgan fingerprint density at radius 3 is 2.69 bits per heavy atom. The molecule has 0 saturated carbocycles. The van der Waals surface area contributed by atoms with Gasteiger partial charge in [0.05, 0.1) is 24.5 Å². The lowest BCUT2D eigenvalue weighted by atomic mass is 9.94. The third-order valence-corrected chi connectivity index (χ3v) is 5.22. The Labute approximate surface area is 170 Å². The predicted octanol–water partition coefficient (Wildman–Crippen LogP) is 3.70. The SMILES string of the molecule is CCCC(=O)N1CC(=O)c2c([nH]c(-c3ccnc(C)n3)c2Cc2ccccc2)C1. The smallest absolute Gasteiger partial charge is 0.223 e. The van der Waals surface area contributed by atoms with E-state index in [1.54, 1.807) is 11.1 Å². The summed E-state index contributed by atoms with van der Waals surface area (Å²) in [4.78, 5) is 39.3. The fourth-order valence-corrected chi connectivity index (χ4v) is 3.89. The maximum atomic E-state index is 13.1. The first-order chi connectivity index (χ1) is 14.1. The first-order valence-electron chi connectivity index (χ1n) is 9.95. The molecule has 148 valence electrons. The Kier molecular flexibility index (Phi) is 5.25. The van der Waals surface area contributed by atoms with Crippen LogP contribution in [0.1, 0.15) is 52.8 Å². The van der Waals surface area contributed by atoms with Crippen molar-refractivity contribution < 1.29 is 9.59 Å². The second kappa shape index (κ2) is 7.99. The Hall–Kier alpha value is -3.28. The molecule has 6 nitrogen and oxygen atoms in total. The van der Waals surface area contributed by atoms with Gasteiger partial charge in [-0.15, -0.1) is 0 Å². The van der Waals surface area contributed by atoms with E-state index in [1.807, 2.05) is 38.1 Å². The number of Topliss-reactive ketones (excluding diaryl/α,β-unsaturated/α-hetero) is 1. The summed E-state index contributed by atoms with van der Waals surface area (Å²) < 4.78 is 0. The molecule has 3 heterocycles. The number of rotatable bonds is 5. The highest BCUT2D eigenvalue weighted by Crippen LogP contribution is 2.33. The van der Waals surface area contributed by atoms with Gasteiger partial charge in [0.15, 0.2) is 5.78 Å². The number of aryl methyl sites for hydroxylation is 1. The van der Waals surface area contributed by atoms with Crippen LogP contribution in [0.2, 0.25) is 0 Å². The molecule has 0 spiro atoms. The normalized spacial score (nSPS) is 13.4. The first kappa shape index (κ1) is 19.1. The second-order valence-electron chi connectivity index (χ2n) is 7.41. The number of aromatic amines is 1. The molecule has 1 amide bonds.